The number of aromatic nitrogens is 3. The summed E-state index contributed by atoms with van der Waals surface area (Å²) in [6.07, 6.45) is 2.55. The number of hydrogen-bond donors (Lipinski definition) is 1. The van der Waals surface area contributed by atoms with Crippen molar-refractivity contribution in [2.45, 2.75) is 29.7 Å². The summed E-state index contributed by atoms with van der Waals surface area (Å²) >= 11 is 1.71. The predicted molar refractivity (Wildman–Crippen MR) is 123 cm³/mol. The SMILES string of the molecule is CCOCCCOCc1cc(=O)n2ncc(-c3ccc(Sc4ccccc4)cc3)c2[nH]1. The average Bonchev–Trinajstić information content (AvgIpc) is 3.22. The fraction of sp³-hybridized carbons (Fsp3) is 0.250. The van der Waals surface area contributed by atoms with Gasteiger partial charge in [-0.2, -0.15) is 9.61 Å². The normalized spacial score (nSPS) is 11.3. The number of nitrogens with zero attached hydrogens (tertiary/aromatic N) is 2. The maximum absolute atomic E-state index is 12.5. The van der Waals surface area contributed by atoms with E-state index in [0.29, 0.717) is 32.1 Å². The molecule has 4 rings (SSSR count). The van der Waals surface area contributed by atoms with Crippen LogP contribution in [0.15, 0.2) is 81.4 Å². The summed E-state index contributed by atoms with van der Waals surface area (Å²) in [6.45, 7) is 4.28. The molecule has 0 bridgehead atoms. The number of H-pyrrole nitrogens is 1. The van der Waals surface area contributed by atoms with Gasteiger partial charge in [-0.25, -0.2) is 0 Å². The van der Waals surface area contributed by atoms with Crippen LogP contribution >= 0.6 is 11.8 Å². The molecule has 160 valence electrons. The summed E-state index contributed by atoms with van der Waals surface area (Å²) in [6, 6.07) is 20.1. The lowest BCUT2D eigenvalue weighted by Crippen LogP contribution is -2.16. The van der Waals surface area contributed by atoms with Gasteiger partial charge in [0.05, 0.1) is 12.8 Å². The lowest BCUT2D eigenvalue weighted by molar-refractivity contribution is 0.0788. The van der Waals surface area contributed by atoms with Gasteiger partial charge in [0.1, 0.15) is 5.65 Å². The van der Waals surface area contributed by atoms with Gasteiger partial charge in [-0.15, -0.1) is 0 Å². The summed E-state index contributed by atoms with van der Waals surface area (Å²) in [5.74, 6) is 0. The molecule has 0 radical (unpaired) electrons. The number of benzene rings is 2. The molecule has 1 N–H and O–H groups in total. The zero-order chi connectivity index (χ0) is 21.5. The third-order valence-corrected chi connectivity index (χ3v) is 5.75. The monoisotopic (exact) mass is 435 g/mol. The first kappa shape index (κ1) is 21.4. The Hall–Kier alpha value is -2.87. The first-order valence-electron chi connectivity index (χ1n) is 10.3. The van der Waals surface area contributed by atoms with Crippen molar-refractivity contribution in [2.24, 2.45) is 0 Å². The highest BCUT2D eigenvalue weighted by atomic mass is 32.2. The van der Waals surface area contributed by atoms with E-state index in [0.717, 1.165) is 28.1 Å². The zero-order valence-electron chi connectivity index (χ0n) is 17.4. The molecule has 6 nitrogen and oxygen atoms in total. The first-order chi connectivity index (χ1) is 15.2. The van der Waals surface area contributed by atoms with Gasteiger partial charge in [0.25, 0.3) is 5.56 Å². The van der Waals surface area contributed by atoms with Crippen LogP contribution in [-0.2, 0) is 16.1 Å². The van der Waals surface area contributed by atoms with Crippen molar-refractivity contribution in [2.75, 3.05) is 19.8 Å². The number of fused-ring (bicyclic) bond motifs is 1. The smallest absolute Gasteiger partial charge is 0.274 e. The van der Waals surface area contributed by atoms with Crippen LogP contribution in [0.5, 0.6) is 0 Å². The molecule has 2 aromatic carbocycles. The Morgan fingerprint density at radius 3 is 2.52 bits per heavy atom. The van der Waals surface area contributed by atoms with Crippen LogP contribution in [0.3, 0.4) is 0 Å². The van der Waals surface area contributed by atoms with Crippen LogP contribution in [0.25, 0.3) is 16.8 Å². The number of aromatic amines is 1. The maximum atomic E-state index is 12.5. The third-order valence-electron chi connectivity index (χ3n) is 4.74. The Morgan fingerprint density at radius 1 is 1.00 bits per heavy atom. The Kier molecular flexibility index (Phi) is 7.19. The first-order valence-corrected chi connectivity index (χ1v) is 11.1. The van der Waals surface area contributed by atoms with Crippen LogP contribution in [0.2, 0.25) is 0 Å². The number of ether oxygens (including phenoxy) is 2. The van der Waals surface area contributed by atoms with E-state index in [1.54, 1.807) is 18.0 Å². The standard InChI is InChI=1S/C24H25N3O3S/c1-2-29-13-6-14-30-17-19-15-23(28)27-24(26-19)22(16-25-27)18-9-11-21(12-10-18)31-20-7-4-3-5-8-20/h3-5,7-12,15-16,26H,2,6,13-14,17H2,1H3. The molecule has 0 saturated heterocycles. The topological polar surface area (TPSA) is 68.6 Å². The molecule has 7 heteroatoms. The average molecular weight is 436 g/mol. The van der Waals surface area contributed by atoms with E-state index in [9.17, 15) is 4.79 Å². The van der Waals surface area contributed by atoms with E-state index in [2.05, 4.69) is 46.5 Å². The summed E-state index contributed by atoms with van der Waals surface area (Å²) in [5, 5.41) is 4.27. The second kappa shape index (κ2) is 10.4. The molecule has 0 atom stereocenters. The highest BCUT2D eigenvalue weighted by Crippen LogP contribution is 2.30. The number of rotatable bonds is 10. The molecule has 0 aliphatic rings. The second-order valence-corrected chi connectivity index (χ2v) is 8.14. The summed E-state index contributed by atoms with van der Waals surface area (Å²) in [4.78, 5) is 18.1. The molecule has 0 spiro atoms. The largest absolute Gasteiger partial charge is 0.382 e. The molecule has 31 heavy (non-hydrogen) atoms. The molecule has 0 unspecified atom stereocenters. The Labute approximate surface area is 185 Å². The summed E-state index contributed by atoms with van der Waals surface area (Å²) in [5.41, 5.74) is 3.10. The van der Waals surface area contributed by atoms with Gasteiger partial charge in [-0.3, -0.25) is 4.79 Å². The van der Waals surface area contributed by atoms with Crippen molar-refractivity contribution >= 4 is 17.4 Å². The van der Waals surface area contributed by atoms with E-state index >= 15 is 0 Å². The molecule has 0 fully saturated rings. The molecular weight excluding hydrogens is 410 g/mol. The number of nitrogens with one attached hydrogen (secondary N) is 1. The second-order valence-electron chi connectivity index (χ2n) is 6.99. The van der Waals surface area contributed by atoms with Crippen LogP contribution in [0.1, 0.15) is 19.0 Å². The summed E-state index contributed by atoms with van der Waals surface area (Å²) < 4.78 is 12.4. The van der Waals surface area contributed by atoms with Crippen molar-refractivity contribution in [3.05, 3.63) is 82.9 Å². The van der Waals surface area contributed by atoms with Crippen molar-refractivity contribution in [3.8, 4) is 11.1 Å². The molecule has 0 amide bonds. The minimum absolute atomic E-state index is 0.177. The maximum Gasteiger partial charge on any atom is 0.274 e. The van der Waals surface area contributed by atoms with Gasteiger partial charge >= 0.3 is 0 Å². The van der Waals surface area contributed by atoms with Crippen LogP contribution in [0, 0.1) is 0 Å². The lowest BCUT2D eigenvalue weighted by atomic mass is 10.1. The van der Waals surface area contributed by atoms with Crippen LogP contribution < -0.4 is 5.56 Å². The van der Waals surface area contributed by atoms with Crippen LogP contribution in [-0.4, -0.2) is 34.4 Å². The fourth-order valence-corrected chi connectivity index (χ4v) is 4.08. The molecule has 0 aliphatic heterocycles. The van der Waals surface area contributed by atoms with Crippen molar-refractivity contribution < 1.29 is 9.47 Å². The third kappa shape index (κ3) is 5.44. The van der Waals surface area contributed by atoms with Gasteiger partial charge < -0.3 is 14.5 Å². The molecule has 4 aromatic rings. The van der Waals surface area contributed by atoms with Crippen molar-refractivity contribution in [1.82, 2.24) is 14.6 Å². The van der Waals surface area contributed by atoms with Gasteiger partial charge in [-0.05, 0) is 43.2 Å². The highest BCUT2D eigenvalue weighted by molar-refractivity contribution is 7.99. The van der Waals surface area contributed by atoms with Crippen molar-refractivity contribution in [3.63, 3.8) is 0 Å². The Morgan fingerprint density at radius 2 is 1.74 bits per heavy atom. The lowest BCUT2D eigenvalue weighted by Gasteiger charge is -2.07. The predicted octanol–water partition coefficient (Wildman–Crippen LogP) is 4.78. The number of hydrogen-bond acceptors (Lipinski definition) is 5. The van der Waals surface area contributed by atoms with Crippen LogP contribution in [0.4, 0.5) is 0 Å². The molecular formula is C24H25N3O3S. The fourth-order valence-electron chi connectivity index (χ4n) is 3.24. The van der Waals surface area contributed by atoms with E-state index in [-0.39, 0.29) is 5.56 Å². The van der Waals surface area contributed by atoms with E-state index in [4.69, 9.17) is 9.47 Å². The molecule has 0 saturated carbocycles. The highest BCUT2D eigenvalue weighted by Gasteiger charge is 2.11. The quantitative estimate of drug-likeness (QED) is 0.363. The molecule has 0 aliphatic carbocycles. The minimum atomic E-state index is -0.177. The molecule has 2 heterocycles. The molecule has 2 aromatic heterocycles. The van der Waals surface area contributed by atoms with E-state index in [1.807, 2.05) is 25.1 Å². The van der Waals surface area contributed by atoms with Gasteiger partial charge in [0, 0.05) is 46.9 Å². The minimum Gasteiger partial charge on any atom is -0.382 e. The zero-order valence-corrected chi connectivity index (χ0v) is 18.2. The van der Waals surface area contributed by atoms with Gasteiger partial charge in [-0.1, -0.05) is 42.1 Å². The van der Waals surface area contributed by atoms with Gasteiger partial charge in [0.2, 0.25) is 0 Å². The van der Waals surface area contributed by atoms with E-state index < -0.39 is 0 Å². The van der Waals surface area contributed by atoms with Crippen molar-refractivity contribution in [1.29, 1.82) is 0 Å². The van der Waals surface area contributed by atoms with E-state index in [1.165, 1.54) is 15.5 Å². The Balaban J connectivity index is 1.49. The Bertz CT molecular complexity index is 1170. The summed E-state index contributed by atoms with van der Waals surface area (Å²) in [7, 11) is 0. The van der Waals surface area contributed by atoms with Gasteiger partial charge in [0.15, 0.2) is 0 Å².